The number of H-pyrrole nitrogens is 1. The molecule has 4 rings (SSSR count). The summed E-state index contributed by atoms with van der Waals surface area (Å²) in [6, 6.07) is 16.2. The van der Waals surface area contributed by atoms with Crippen LogP contribution in [-0.4, -0.2) is 34.2 Å². The normalized spacial score (nSPS) is 15.8. The van der Waals surface area contributed by atoms with Crippen molar-refractivity contribution in [2.45, 2.75) is 33.7 Å². The molecule has 0 saturated heterocycles. The lowest BCUT2D eigenvalue weighted by Crippen LogP contribution is -2.32. The van der Waals surface area contributed by atoms with Gasteiger partial charge in [-0.05, 0) is 37.5 Å². The molecule has 150 valence electrons. The molecule has 5 heteroatoms. The summed E-state index contributed by atoms with van der Waals surface area (Å²) >= 11 is 0. The predicted octanol–water partition coefficient (Wildman–Crippen LogP) is 4.99. The zero-order valence-corrected chi connectivity index (χ0v) is 17.4. The van der Waals surface area contributed by atoms with Crippen LogP contribution in [0, 0.1) is 12.8 Å². The van der Waals surface area contributed by atoms with Gasteiger partial charge in [0, 0.05) is 17.7 Å². The van der Waals surface area contributed by atoms with Crippen molar-refractivity contribution < 1.29 is 9.53 Å². The minimum atomic E-state index is -0.161. The molecule has 2 heterocycles. The number of rotatable bonds is 6. The van der Waals surface area contributed by atoms with Gasteiger partial charge in [0.1, 0.15) is 11.4 Å². The fraction of sp³-hybridized carbons (Fsp3) is 0.333. The number of hydrogen-bond donors (Lipinski definition) is 1. The maximum atomic E-state index is 13.2. The van der Waals surface area contributed by atoms with Crippen LogP contribution in [0.1, 0.15) is 54.0 Å². The number of hydrogen-bond acceptors (Lipinski definition) is 3. The van der Waals surface area contributed by atoms with Crippen LogP contribution in [0.3, 0.4) is 0 Å². The lowest BCUT2D eigenvalue weighted by atomic mass is 9.95. The highest BCUT2D eigenvalue weighted by atomic mass is 16.5. The van der Waals surface area contributed by atoms with E-state index in [0.717, 1.165) is 28.1 Å². The summed E-state index contributed by atoms with van der Waals surface area (Å²) in [6.45, 7) is 9.62. The molecule has 0 fully saturated rings. The Bertz CT molecular complexity index is 1000. The van der Waals surface area contributed by atoms with Gasteiger partial charge in [-0.25, -0.2) is 0 Å². The number of amides is 1. The molecule has 3 aromatic rings. The van der Waals surface area contributed by atoms with E-state index >= 15 is 0 Å². The molecule has 29 heavy (non-hydrogen) atoms. The van der Waals surface area contributed by atoms with Gasteiger partial charge in [0.25, 0.3) is 5.91 Å². The molecule has 1 N–H and O–H groups in total. The Kier molecular flexibility index (Phi) is 5.14. The predicted molar refractivity (Wildman–Crippen MR) is 114 cm³/mol. The van der Waals surface area contributed by atoms with Crippen LogP contribution in [0.25, 0.3) is 11.3 Å². The van der Waals surface area contributed by atoms with Crippen molar-refractivity contribution in [1.29, 1.82) is 0 Å². The maximum Gasteiger partial charge on any atom is 0.273 e. The molecule has 1 aliphatic heterocycles. The average Bonchev–Trinajstić information content (AvgIpc) is 3.23. The van der Waals surface area contributed by atoms with Crippen molar-refractivity contribution in [3.05, 3.63) is 70.9 Å². The molecule has 1 atom stereocenters. The average molecular weight is 389 g/mol. The monoisotopic (exact) mass is 389 g/mol. The van der Waals surface area contributed by atoms with E-state index in [-0.39, 0.29) is 11.9 Å². The summed E-state index contributed by atoms with van der Waals surface area (Å²) in [6.07, 6.45) is 0. The first-order valence-corrected chi connectivity index (χ1v) is 10.2. The Morgan fingerprint density at radius 2 is 1.79 bits per heavy atom. The van der Waals surface area contributed by atoms with Crippen LogP contribution >= 0.6 is 0 Å². The lowest BCUT2D eigenvalue weighted by molar-refractivity contribution is 0.0722. The third kappa shape index (κ3) is 3.53. The number of fused-ring (bicyclic) bond motifs is 1. The maximum absolute atomic E-state index is 13.2. The highest BCUT2D eigenvalue weighted by molar-refractivity contribution is 6.00. The second-order valence-corrected chi connectivity index (χ2v) is 7.98. The quantitative estimate of drug-likeness (QED) is 0.646. The van der Waals surface area contributed by atoms with Crippen molar-refractivity contribution in [3.8, 4) is 17.0 Å². The van der Waals surface area contributed by atoms with E-state index in [1.54, 1.807) is 0 Å². The van der Waals surface area contributed by atoms with Crippen molar-refractivity contribution in [3.63, 3.8) is 0 Å². The molecular formula is C24H27N3O2. The Labute approximate surface area is 171 Å². The second kappa shape index (κ2) is 7.74. The van der Waals surface area contributed by atoms with Crippen LogP contribution in [0.5, 0.6) is 5.75 Å². The highest BCUT2D eigenvalue weighted by Crippen LogP contribution is 2.43. The summed E-state index contributed by atoms with van der Waals surface area (Å²) in [5, 5.41) is 7.55. The second-order valence-electron chi connectivity index (χ2n) is 7.98. The van der Waals surface area contributed by atoms with E-state index < -0.39 is 0 Å². The molecule has 1 aliphatic rings. The van der Waals surface area contributed by atoms with Crippen molar-refractivity contribution in [2.24, 2.45) is 5.92 Å². The minimum absolute atomic E-state index is 0.0125. The molecule has 5 nitrogen and oxygen atoms in total. The third-order valence-corrected chi connectivity index (χ3v) is 5.26. The summed E-state index contributed by atoms with van der Waals surface area (Å²) in [4.78, 5) is 15.2. The van der Waals surface area contributed by atoms with Crippen LogP contribution in [0.2, 0.25) is 0 Å². The van der Waals surface area contributed by atoms with Crippen LogP contribution in [0.15, 0.2) is 48.5 Å². The highest BCUT2D eigenvalue weighted by Gasteiger charge is 2.42. The van der Waals surface area contributed by atoms with Crippen molar-refractivity contribution in [2.75, 3.05) is 13.2 Å². The van der Waals surface area contributed by atoms with Gasteiger partial charge >= 0.3 is 0 Å². The fourth-order valence-corrected chi connectivity index (χ4v) is 3.97. The van der Waals surface area contributed by atoms with Gasteiger partial charge in [-0.1, -0.05) is 55.8 Å². The summed E-state index contributed by atoms with van der Waals surface area (Å²) < 4.78 is 5.60. The first kappa shape index (κ1) is 19.2. The van der Waals surface area contributed by atoms with Crippen LogP contribution in [0.4, 0.5) is 0 Å². The molecule has 0 saturated carbocycles. The van der Waals surface area contributed by atoms with E-state index in [1.807, 2.05) is 24.0 Å². The van der Waals surface area contributed by atoms with Crippen molar-refractivity contribution in [1.82, 2.24) is 15.1 Å². The number of nitrogens with zero attached hydrogens (tertiary/aromatic N) is 2. The van der Waals surface area contributed by atoms with Gasteiger partial charge < -0.3 is 9.64 Å². The third-order valence-electron chi connectivity index (χ3n) is 5.26. The Morgan fingerprint density at radius 1 is 1.10 bits per heavy atom. The minimum Gasteiger partial charge on any atom is -0.494 e. The largest absolute Gasteiger partial charge is 0.494 e. The summed E-state index contributed by atoms with van der Waals surface area (Å²) in [5.74, 6) is 1.21. The lowest BCUT2D eigenvalue weighted by Gasteiger charge is -2.28. The molecule has 0 aliphatic carbocycles. The van der Waals surface area contributed by atoms with Gasteiger partial charge in [-0.3, -0.25) is 9.89 Å². The molecule has 0 bridgehead atoms. The molecular weight excluding hydrogens is 362 g/mol. The number of carbonyl (C=O) groups excluding carboxylic acids is 1. The van der Waals surface area contributed by atoms with Gasteiger partial charge in [0.05, 0.1) is 18.3 Å². The smallest absolute Gasteiger partial charge is 0.273 e. The Balaban J connectivity index is 1.82. The number of aromatic amines is 1. The van der Waals surface area contributed by atoms with E-state index in [0.29, 0.717) is 24.8 Å². The molecule has 0 radical (unpaired) electrons. The van der Waals surface area contributed by atoms with E-state index in [9.17, 15) is 4.79 Å². The number of benzene rings is 2. The number of carbonyl (C=O) groups is 1. The van der Waals surface area contributed by atoms with E-state index in [1.165, 1.54) is 5.56 Å². The summed E-state index contributed by atoms with van der Waals surface area (Å²) in [5.41, 5.74) is 5.68. The van der Waals surface area contributed by atoms with Gasteiger partial charge in [0.15, 0.2) is 0 Å². The van der Waals surface area contributed by atoms with Crippen LogP contribution < -0.4 is 4.74 Å². The SMILES string of the molecule is CCOc1ccc(C2c3c(-c4ccc(C)cc4)n[nH]c3C(=O)N2CC(C)C)cc1. The van der Waals surface area contributed by atoms with E-state index in [4.69, 9.17) is 4.74 Å². The fourth-order valence-electron chi connectivity index (χ4n) is 3.97. The van der Waals surface area contributed by atoms with Gasteiger partial charge in [-0.2, -0.15) is 5.10 Å². The van der Waals surface area contributed by atoms with Gasteiger partial charge in [-0.15, -0.1) is 0 Å². The number of nitrogens with one attached hydrogen (secondary N) is 1. The topological polar surface area (TPSA) is 58.2 Å². The van der Waals surface area contributed by atoms with Crippen LogP contribution in [-0.2, 0) is 0 Å². The molecule has 1 unspecified atom stereocenters. The number of aromatic nitrogens is 2. The standard InChI is InChI=1S/C24H27N3O2/c1-5-29-19-12-10-18(11-13-19)23-20-21(17-8-6-16(4)7-9-17)25-26-22(20)24(28)27(23)14-15(2)3/h6-13,15,23H,5,14H2,1-4H3,(H,25,26). The Morgan fingerprint density at radius 3 is 2.41 bits per heavy atom. The zero-order chi connectivity index (χ0) is 20.5. The zero-order valence-electron chi connectivity index (χ0n) is 17.4. The molecule has 1 aromatic heterocycles. The molecule has 0 spiro atoms. The Hall–Kier alpha value is -3.08. The van der Waals surface area contributed by atoms with Crippen molar-refractivity contribution >= 4 is 5.91 Å². The molecule has 1 amide bonds. The number of aryl methyl sites for hydroxylation is 1. The summed E-state index contributed by atoms with van der Waals surface area (Å²) in [7, 11) is 0. The number of ether oxygens (including phenoxy) is 1. The van der Waals surface area contributed by atoms with Gasteiger partial charge in [0.2, 0.25) is 0 Å². The first-order chi connectivity index (χ1) is 14.0. The molecule has 2 aromatic carbocycles. The first-order valence-electron chi connectivity index (χ1n) is 10.2. The van der Waals surface area contributed by atoms with E-state index in [2.05, 4.69) is 67.4 Å².